The van der Waals surface area contributed by atoms with Gasteiger partial charge in [-0.2, -0.15) is 0 Å². The number of nitrogens with zero attached hydrogens (tertiary/aromatic N) is 2. The normalized spacial score (nSPS) is 14.8. The Balaban J connectivity index is 0.782. The first-order valence-corrected chi connectivity index (χ1v) is 32.6. The molecule has 0 saturated heterocycles. The number of anilines is 6. The zero-order valence-corrected chi connectivity index (χ0v) is 53.2. The van der Waals surface area contributed by atoms with E-state index in [1.54, 1.807) is 36.4 Å². The number of fused-ring (bicyclic) bond motifs is 9. The fraction of sp³-hybridized carbons (Fsp3) is 0.0222. The summed E-state index contributed by atoms with van der Waals surface area (Å²) in [5.74, 6) is 1.23. The summed E-state index contributed by atoms with van der Waals surface area (Å²) in [6.07, 6.45) is 3.58. The predicted octanol–water partition coefficient (Wildman–Crippen LogP) is 24.7. The lowest BCUT2D eigenvalue weighted by Gasteiger charge is -2.35. The third kappa shape index (κ3) is 10.2. The molecule has 0 radical (unpaired) electrons. The number of rotatable bonds is 16. The number of ether oxygens (including phenoxy) is 2. The molecule has 2 atom stereocenters. The minimum Gasteiger partial charge on any atom is -0.457 e. The van der Waals surface area contributed by atoms with Crippen molar-refractivity contribution in [2.24, 2.45) is 0 Å². The van der Waals surface area contributed by atoms with E-state index in [2.05, 4.69) is 132 Å². The summed E-state index contributed by atoms with van der Waals surface area (Å²) in [7, 11) is 0. The van der Waals surface area contributed by atoms with Crippen molar-refractivity contribution >= 4 is 68.2 Å². The number of benzene rings is 14. The molecule has 17 rings (SSSR count). The van der Waals surface area contributed by atoms with E-state index in [1.165, 1.54) is 48.5 Å². The SMILES string of the molecule is C=Cc1ccc(Oc2ccc(C3(c4ccc(F)cc4)c4ccccc4-c4ccc(N(c5ccc(F)cc5)c5ccc6c(c5)oc5cc(N(c7ccc(F)cc7)c7ccc8c(c7)C(c7ccc(F)cc7)(c7ccc(Oc9ccc(C=C)cc9)cc7)c7ccccc7-8)ccc56)cc43)cc2)cc1. The van der Waals surface area contributed by atoms with Crippen molar-refractivity contribution in [3.8, 4) is 45.3 Å². The van der Waals surface area contributed by atoms with Crippen LogP contribution in [0.3, 0.4) is 0 Å². The summed E-state index contributed by atoms with van der Waals surface area (Å²) >= 11 is 0. The van der Waals surface area contributed by atoms with E-state index in [9.17, 15) is 0 Å². The molecule has 0 N–H and O–H groups in total. The average Bonchev–Trinajstić information content (AvgIpc) is 1.56. The standard InChI is InChI=1S/C90H58F4N2O3/c1-3-57-13-41-73(42-14-57)97-75-45-21-61(22-46-75)89(59-17-25-63(91)26-18-59)83-11-7-5-9-77(83)79-49-37-69(53-85(79)89)95(67-33-29-65(93)30-34-67)71-39-51-81-82-52-40-72(56-88(82)99-87(81)55-71)96(68-35-31-66(94)32-36-68)70-38-50-80-78-10-6-8-12-84(78)90(86(80)54-70,60-19-27-64(92)28-20-60)62-23-47-76(48-24-62)98-74-43-15-58(4-2)16-44-74/h3-56H,1-2H2. The van der Waals surface area contributed by atoms with E-state index in [-0.39, 0.29) is 23.3 Å². The maximum Gasteiger partial charge on any atom is 0.137 e. The van der Waals surface area contributed by atoms with Crippen molar-refractivity contribution in [2.75, 3.05) is 9.80 Å². The predicted molar refractivity (Wildman–Crippen MR) is 391 cm³/mol. The van der Waals surface area contributed by atoms with Gasteiger partial charge in [-0.1, -0.05) is 159 Å². The fourth-order valence-electron chi connectivity index (χ4n) is 15.1. The first-order chi connectivity index (χ1) is 48.5. The van der Waals surface area contributed by atoms with Gasteiger partial charge in [0.25, 0.3) is 0 Å². The van der Waals surface area contributed by atoms with Gasteiger partial charge in [-0.15, -0.1) is 0 Å². The number of hydrogen-bond donors (Lipinski definition) is 0. The number of hydrogen-bond acceptors (Lipinski definition) is 5. The van der Waals surface area contributed by atoms with Crippen molar-refractivity contribution in [3.05, 3.63) is 408 Å². The van der Waals surface area contributed by atoms with E-state index in [0.717, 1.165) is 111 Å². The van der Waals surface area contributed by atoms with Gasteiger partial charge < -0.3 is 23.7 Å². The molecule has 1 aromatic heterocycles. The zero-order chi connectivity index (χ0) is 66.9. The molecule has 2 aliphatic rings. The Labute approximate surface area is 569 Å². The minimum atomic E-state index is -0.935. The van der Waals surface area contributed by atoms with Crippen LogP contribution in [0.5, 0.6) is 23.0 Å². The lowest BCUT2D eigenvalue weighted by Crippen LogP contribution is -2.28. The zero-order valence-electron chi connectivity index (χ0n) is 53.2. The van der Waals surface area contributed by atoms with Crippen LogP contribution < -0.4 is 19.3 Å². The topological polar surface area (TPSA) is 38.1 Å². The fourth-order valence-corrected chi connectivity index (χ4v) is 15.1. The first-order valence-electron chi connectivity index (χ1n) is 32.6. The van der Waals surface area contributed by atoms with Crippen LogP contribution in [-0.4, -0.2) is 0 Å². The molecule has 14 aromatic carbocycles. The molecule has 0 saturated carbocycles. The smallest absolute Gasteiger partial charge is 0.137 e. The summed E-state index contributed by atoms with van der Waals surface area (Å²) in [5.41, 5.74) is 17.5. The molecule has 2 unspecified atom stereocenters. The molecule has 99 heavy (non-hydrogen) atoms. The molecule has 1 heterocycles. The van der Waals surface area contributed by atoms with E-state index in [4.69, 9.17) is 13.9 Å². The Hall–Kier alpha value is -12.7. The third-order valence-electron chi connectivity index (χ3n) is 19.5. The van der Waals surface area contributed by atoms with Crippen molar-refractivity contribution in [3.63, 3.8) is 0 Å². The van der Waals surface area contributed by atoms with Crippen LogP contribution in [0.2, 0.25) is 0 Å². The highest BCUT2D eigenvalue weighted by Gasteiger charge is 2.48. The van der Waals surface area contributed by atoms with E-state index >= 15 is 17.6 Å². The molecule has 5 nitrogen and oxygen atoms in total. The number of furan rings is 1. The van der Waals surface area contributed by atoms with Crippen molar-refractivity contribution in [1.29, 1.82) is 0 Å². The van der Waals surface area contributed by atoms with Crippen LogP contribution in [0.15, 0.2) is 333 Å². The maximum absolute atomic E-state index is 15.1. The molecule has 0 aliphatic heterocycles. The molecular formula is C90H58F4N2O3. The van der Waals surface area contributed by atoms with Gasteiger partial charge in [-0.3, -0.25) is 0 Å². The highest BCUT2D eigenvalue weighted by Crippen LogP contribution is 2.60. The highest BCUT2D eigenvalue weighted by atomic mass is 19.1. The molecule has 0 amide bonds. The van der Waals surface area contributed by atoms with Crippen LogP contribution in [0.25, 0.3) is 56.3 Å². The second-order valence-corrected chi connectivity index (χ2v) is 25.0. The van der Waals surface area contributed by atoms with Gasteiger partial charge >= 0.3 is 0 Å². The van der Waals surface area contributed by atoms with Gasteiger partial charge in [0, 0.05) is 57.0 Å². The Bertz CT molecular complexity index is 5270. The molecule has 0 fully saturated rings. The lowest BCUT2D eigenvalue weighted by molar-refractivity contribution is 0.482. The summed E-state index contributed by atoms with van der Waals surface area (Å²) < 4.78 is 80.3. The van der Waals surface area contributed by atoms with E-state index in [1.807, 2.05) is 133 Å². The molecule has 0 spiro atoms. The Morgan fingerprint density at radius 2 is 0.566 bits per heavy atom. The van der Waals surface area contributed by atoms with Crippen molar-refractivity contribution < 1.29 is 31.5 Å². The molecule has 2 aliphatic carbocycles. The molecule has 0 bridgehead atoms. The van der Waals surface area contributed by atoms with Gasteiger partial charge in [0.05, 0.1) is 10.8 Å². The number of halogens is 4. The Kier molecular flexibility index (Phi) is 14.6. The quantitative estimate of drug-likeness (QED) is 0.0902. The van der Waals surface area contributed by atoms with Crippen LogP contribution in [-0.2, 0) is 10.8 Å². The van der Waals surface area contributed by atoms with E-state index < -0.39 is 10.8 Å². The third-order valence-corrected chi connectivity index (χ3v) is 19.5. The molecule has 474 valence electrons. The second-order valence-electron chi connectivity index (χ2n) is 25.0. The van der Waals surface area contributed by atoms with Gasteiger partial charge in [0.1, 0.15) is 57.4 Å². The lowest BCUT2D eigenvalue weighted by atomic mass is 9.67. The van der Waals surface area contributed by atoms with Crippen molar-refractivity contribution in [1.82, 2.24) is 0 Å². The summed E-state index contributed by atoms with van der Waals surface area (Å²) in [5, 5.41) is 1.74. The van der Waals surface area contributed by atoms with Crippen LogP contribution >= 0.6 is 0 Å². The van der Waals surface area contributed by atoms with Gasteiger partial charge in [0.2, 0.25) is 0 Å². The van der Waals surface area contributed by atoms with Crippen LogP contribution in [0.4, 0.5) is 51.7 Å². The molecule has 9 heteroatoms. The highest BCUT2D eigenvalue weighted by molar-refractivity contribution is 6.07. The minimum absolute atomic E-state index is 0.347. The molecular weight excluding hydrogens is 1230 g/mol. The second kappa shape index (κ2) is 24.2. The summed E-state index contributed by atoms with van der Waals surface area (Å²) in [4.78, 5) is 4.20. The molecule has 15 aromatic rings. The summed E-state index contributed by atoms with van der Waals surface area (Å²) in [6, 6.07) is 100. The Morgan fingerprint density at radius 3 is 0.919 bits per heavy atom. The van der Waals surface area contributed by atoms with Crippen LogP contribution in [0.1, 0.15) is 55.6 Å². The van der Waals surface area contributed by atoms with Gasteiger partial charge in [-0.05, 0) is 248 Å². The summed E-state index contributed by atoms with van der Waals surface area (Å²) in [6.45, 7) is 7.77. The average molecular weight is 1290 g/mol. The van der Waals surface area contributed by atoms with Gasteiger partial charge in [-0.25, -0.2) is 17.6 Å². The monoisotopic (exact) mass is 1290 g/mol. The van der Waals surface area contributed by atoms with E-state index in [0.29, 0.717) is 45.5 Å². The maximum atomic E-state index is 15.1. The van der Waals surface area contributed by atoms with Crippen molar-refractivity contribution in [2.45, 2.75) is 10.8 Å². The van der Waals surface area contributed by atoms with Gasteiger partial charge in [0.15, 0.2) is 0 Å². The van der Waals surface area contributed by atoms with Crippen LogP contribution in [0, 0.1) is 23.3 Å². The first kappa shape index (κ1) is 60.0. The largest absolute Gasteiger partial charge is 0.457 e. The Morgan fingerprint density at radius 1 is 0.283 bits per heavy atom.